The fourth-order valence-electron chi connectivity index (χ4n) is 2.03. The van der Waals surface area contributed by atoms with Crippen LogP contribution in [-0.4, -0.2) is 37.2 Å². The molecule has 0 saturated carbocycles. The zero-order valence-corrected chi connectivity index (χ0v) is 12.4. The van der Waals surface area contributed by atoms with E-state index in [9.17, 15) is 4.79 Å². The highest BCUT2D eigenvalue weighted by Gasteiger charge is 2.16. The summed E-state index contributed by atoms with van der Waals surface area (Å²) < 4.78 is 10.5. The Balaban J connectivity index is 1.84. The Morgan fingerprint density at radius 2 is 2.25 bits per heavy atom. The summed E-state index contributed by atoms with van der Waals surface area (Å²) in [7, 11) is 1.56. The van der Waals surface area contributed by atoms with E-state index < -0.39 is 0 Å². The average Bonchev–Trinajstić information content (AvgIpc) is 2.48. The van der Waals surface area contributed by atoms with Gasteiger partial charge in [0.2, 0.25) is 5.91 Å². The minimum atomic E-state index is -0.0236. The molecular formula is C14H20N2O3S. The van der Waals surface area contributed by atoms with Gasteiger partial charge in [0, 0.05) is 30.2 Å². The molecule has 0 atom stereocenters. The summed E-state index contributed by atoms with van der Waals surface area (Å²) in [5.41, 5.74) is 6.94. The van der Waals surface area contributed by atoms with Gasteiger partial charge in [-0.25, -0.2) is 0 Å². The van der Waals surface area contributed by atoms with E-state index in [4.69, 9.17) is 15.2 Å². The first-order valence-electron chi connectivity index (χ1n) is 6.61. The summed E-state index contributed by atoms with van der Waals surface area (Å²) >= 11 is 1.68. The van der Waals surface area contributed by atoms with Crippen molar-refractivity contribution < 1.29 is 14.3 Å². The lowest BCUT2D eigenvalue weighted by Gasteiger charge is -2.21. The number of benzene rings is 1. The fraction of sp³-hybridized carbons (Fsp3) is 0.500. The first kappa shape index (κ1) is 15.0. The number of carbonyl (C=O) groups excluding carboxylic acids is 1. The summed E-state index contributed by atoms with van der Waals surface area (Å²) in [4.78, 5) is 12.0. The van der Waals surface area contributed by atoms with Crippen LogP contribution in [-0.2, 0) is 9.53 Å². The molecule has 1 aromatic rings. The van der Waals surface area contributed by atoms with Crippen molar-refractivity contribution in [2.24, 2.45) is 0 Å². The maximum absolute atomic E-state index is 12.0. The second-order valence-electron chi connectivity index (χ2n) is 4.63. The number of carbonyl (C=O) groups is 1. The number of rotatable bonds is 5. The molecule has 0 aromatic heterocycles. The van der Waals surface area contributed by atoms with Gasteiger partial charge in [-0.15, -0.1) is 11.8 Å². The molecule has 3 N–H and O–H groups in total. The molecule has 6 heteroatoms. The number of thioether (sulfide) groups is 1. The molecule has 2 rings (SSSR count). The van der Waals surface area contributed by atoms with E-state index in [1.807, 2.05) is 0 Å². The number of anilines is 2. The lowest BCUT2D eigenvalue weighted by atomic mass is 10.2. The first-order valence-corrected chi connectivity index (χ1v) is 7.66. The number of nitrogens with two attached hydrogens (primary N) is 1. The largest absolute Gasteiger partial charge is 0.494 e. The van der Waals surface area contributed by atoms with Crippen molar-refractivity contribution in [1.82, 2.24) is 0 Å². The van der Waals surface area contributed by atoms with Gasteiger partial charge in [-0.3, -0.25) is 4.79 Å². The van der Waals surface area contributed by atoms with Gasteiger partial charge in [0.15, 0.2) is 0 Å². The van der Waals surface area contributed by atoms with Gasteiger partial charge in [-0.05, 0) is 25.0 Å². The van der Waals surface area contributed by atoms with Crippen LogP contribution in [0.15, 0.2) is 18.2 Å². The van der Waals surface area contributed by atoms with Crippen molar-refractivity contribution in [1.29, 1.82) is 0 Å². The van der Waals surface area contributed by atoms with Crippen molar-refractivity contribution >= 4 is 29.0 Å². The highest BCUT2D eigenvalue weighted by molar-refractivity contribution is 8.00. The van der Waals surface area contributed by atoms with Crippen LogP contribution in [0.25, 0.3) is 0 Å². The monoisotopic (exact) mass is 296 g/mol. The molecule has 0 spiro atoms. The van der Waals surface area contributed by atoms with Crippen LogP contribution in [0.3, 0.4) is 0 Å². The van der Waals surface area contributed by atoms with Crippen molar-refractivity contribution in [3.8, 4) is 5.75 Å². The summed E-state index contributed by atoms with van der Waals surface area (Å²) in [6.07, 6.45) is 2.03. The SMILES string of the molecule is COc1cc(N)ccc1NC(=O)CSC1CCOCC1. The summed E-state index contributed by atoms with van der Waals surface area (Å²) in [5.74, 6) is 0.997. The first-order chi connectivity index (χ1) is 9.69. The number of ether oxygens (including phenoxy) is 2. The molecule has 1 aliphatic heterocycles. The topological polar surface area (TPSA) is 73.6 Å². The number of amides is 1. The average molecular weight is 296 g/mol. The Labute approximate surface area is 123 Å². The third-order valence-corrected chi connectivity index (χ3v) is 4.49. The summed E-state index contributed by atoms with van der Waals surface area (Å²) in [5, 5.41) is 3.37. The zero-order chi connectivity index (χ0) is 14.4. The Morgan fingerprint density at radius 1 is 1.50 bits per heavy atom. The van der Waals surface area contributed by atoms with Gasteiger partial charge in [0.05, 0.1) is 18.6 Å². The van der Waals surface area contributed by atoms with E-state index in [-0.39, 0.29) is 5.91 Å². The molecule has 1 heterocycles. The van der Waals surface area contributed by atoms with Crippen LogP contribution in [0.5, 0.6) is 5.75 Å². The maximum atomic E-state index is 12.0. The molecular weight excluding hydrogens is 276 g/mol. The molecule has 1 aliphatic rings. The van der Waals surface area contributed by atoms with Crippen LogP contribution in [0.4, 0.5) is 11.4 Å². The molecule has 0 aliphatic carbocycles. The normalized spacial score (nSPS) is 15.8. The molecule has 1 amide bonds. The minimum absolute atomic E-state index is 0.0236. The minimum Gasteiger partial charge on any atom is -0.494 e. The van der Waals surface area contributed by atoms with Crippen molar-refractivity contribution in [2.45, 2.75) is 18.1 Å². The summed E-state index contributed by atoms with van der Waals surface area (Å²) in [6.45, 7) is 1.59. The second kappa shape index (κ2) is 7.40. The van der Waals surface area contributed by atoms with Crippen LogP contribution < -0.4 is 15.8 Å². The molecule has 20 heavy (non-hydrogen) atoms. The molecule has 0 radical (unpaired) electrons. The predicted octanol–water partition coefficient (Wildman–Crippen LogP) is 2.13. The third kappa shape index (κ3) is 4.31. The van der Waals surface area contributed by atoms with Crippen molar-refractivity contribution in [3.05, 3.63) is 18.2 Å². The maximum Gasteiger partial charge on any atom is 0.234 e. The Hall–Kier alpha value is -1.40. The van der Waals surface area contributed by atoms with E-state index in [1.165, 1.54) is 0 Å². The van der Waals surface area contributed by atoms with Crippen LogP contribution in [0.1, 0.15) is 12.8 Å². The third-order valence-electron chi connectivity index (χ3n) is 3.12. The fourth-order valence-corrected chi connectivity index (χ4v) is 3.02. The number of nitrogen functional groups attached to an aromatic ring is 1. The zero-order valence-electron chi connectivity index (χ0n) is 11.6. The van der Waals surface area contributed by atoms with Gasteiger partial charge in [0.1, 0.15) is 5.75 Å². The van der Waals surface area contributed by atoms with E-state index in [1.54, 1.807) is 37.1 Å². The highest BCUT2D eigenvalue weighted by atomic mass is 32.2. The van der Waals surface area contributed by atoms with Crippen molar-refractivity contribution in [2.75, 3.05) is 37.1 Å². The Kier molecular flexibility index (Phi) is 5.55. The molecule has 1 aromatic carbocycles. The van der Waals surface area contributed by atoms with Crippen LogP contribution in [0, 0.1) is 0 Å². The lowest BCUT2D eigenvalue weighted by molar-refractivity contribution is -0.113. The molecule has 0 unspecified atom stereocenters. The van der Waals surface area contributed by atoms with Crippen molar-refractivity contribution in [3.63, 3.8) is 0 Å². The molecule has 0 bridgehead atoms. The van der Waals surface area contributed by atoms with Gasteiger partial charge in [-0.2, -0.15) is 0 Å². The van der Waals surface area contributed by atoms with Gasteiger partial charge < -0.3 is 20.5 Å². The standard InChI is InChI=1S/C14H20N2O3S/c1-18-13-8-10(15)2-3-12(13)16-14(17)9-20-11-4-6-19-7-5-11/h2-3,8,11H,4-7,9,15H2,1H3,(H,16,17). The van der Waals surface area contributed by atoms with Crippen LogP contribution >= 0.6 is 11.8 Å². The number of methoxy groups -OCH3 is 1. The smallest absolute Gasteiger partial charge is 0.234 e. The van der Waals surface area contributed by atoms with E-state index in [0.29, 0.717) is 28.1 Å². The second-order valence-corrected chi connectivity index (χ2v) is 5.92. The summed E-state index contributed by atoms with van der Waals surface area (Å²) in [6, 6.07) is 5.19. The Morgan fingerprint density at radius 3 is 2.95 bits per heavy atom. The molecule has 1 saturated heterocycles. The quantitative estimate of drug-likeness (QED) is 0.814. The number of hydrogen-bond acceptors (Lipinski definition) is 5. The van der Waals surface area contributed by atoms with E-state index >= 15 is 0 Å². The van der Waals surface area contributed by atoms with Gasteiger partial charge in [-0.1, -0.05) is 0 Å². The number of hydrogen-bond donors (Lipinski definition) is 2. The molecule has 110 valence electrons. The number of nitrogens with one attached hydrogen (secondary N) is 1. The van der Waals surface area contributed by atoms with E-state index in [2.05, 4.69) is 5.32 Å². The van der Waals surface area contributed by atoms with Gasteiger partial charge >= 0.3 is 0 Å². The lowest BCUT2D eigenvalue weighted by Crippen LogP contribution is -2.21. The van der Waals surface area contributed by atoms with Crippen LogP contribution in [0.2, 0.25) is 0 Å². The van der Waals surface area contributed by atoms with Gasteiger partial charge in [0.25, 0.3) is 0 Å². The van der Waals surface area contributed by atoms with E-state index in [0.717, 1.165) is 26.1 Å². The molecule has 5 nitrogen and oxygen atoms in total. The molecule has 1 fully saturated rings. The predicted molar refractivity (Wildman–Crippen MR) is 82.3 cm³/mol. The highest BCUT2D eigenvalue weighted by Crippen LogP contribution is 2.27. The Bertz CT molecular complexity index is 462.